The van der Waals surface area contributed by atoms with E-state index < -0.39 is 10.8 Å². The van der Waals surface area contributed by atoms with Gasteiger partial charge in [-0.25, -0.2) is 0 Å². The molecule has 16 heavy (non-hydrogen) atoms. The maximum atomic E-state index is 12.1. The Morgan fingerprint density at radius 2 is 2.25 bits per heavy atom. The van der Waals surface area contributed by atoms with Gasteiger partial charge in [0.05, 0.1) is 0 Å². The molecule has 88 valence electrons. The molecule has 2 rings (SSSR count). The predicted molar refractivity (Wildman–Crippen MR) is 68.6 cm³/mol. The average Bonchev–Trinajstić information content (AvgIpc) is 2.65. The maximum absolute atomic E-state index is 12.1. The second-order valence-corrected chi connectivity index (χ2v) is 6.43. The second-order valence-electron chi connectivity index (χ2n) is 4.71. The number of aryl methyl sites for hydroxylation is 1. The SMILES string of the molecule is Cc1cccc(CS(=O)C2CCC(N)C2)c1. The molecule has 0 spiro atoms. The van der Waals surface area contributed by atoms with E-state index in [0.717, 1.165) is 19.3 Å². The van der Waals surface area contributed by atoms with Crippen molar-refractivity contribution in [2.45, 2.75) is 43.2 Å². The highest BCUT2D eigenvalue weighted by Crippen LogP contribution is 2.24. The van der Waals surface area contributed by atoms with Gasteiger partial charge < -0.3 is 5.73 Å². The molecule has 1 aliphatic carbocycles. The Labute approximate surface area is 99.7 Å². The monoisotopic (exact) mass is 237 g/mol. The highest BCUT2D eigenvalue weighted by molar-refractivity contribution is 7.84. The maximum Gasteiger partial charge on any atom is 0.0488 e. The summed E-state index contributed by atoms with van der Waals surface area (Å²) < 4.78 is 12.1. The molecule has 1 aromatic carbocycles. The van der Waals surface area contributed by atoms with Gasteiger partial charge >= 0.3 is 0 Å². The quantitative estimate of drug-likeness (QED) is 0.875. The molecule has 3 heteroatoms. The lowest BCUT2D eigenvalue weighted by atomic mass is 10.2. The average molecular weight is 237 g/mol. The Morgan fingerprint density at radius 1 is 1.44 bits per heavy atom. The molecule has 1 aliphatic rings. The van der Waals surface area contributed by atoms with Crippen LogP contribution >= 0.6 is 0 Å². The molecule has 0 amide bonds. The first kappa shape index (κ1) is 11.8. The summed E-state index contributed by atoms with van der Waals surface area (Å²) in [4.78, 5) is 0. The fraction of sp³-hybridized carbons (Fsp3) is 0.538. The van der Waals surface area contributed by atoms with Gasteiger partial charge in [0.15, 0.2) is 0 Å². The largest absolute Gasteiger partial charge is 0.328 e. The molecule has 3 atom stereocenters. The molecule has 0 bridgehead atoms. The fourth-order valence-corrected chi connectivity index (χ4v) is 3.90. The van der Waals surface area contributed by atoms with E-state index in [-0.39, 0.29) is 6.04 Å². The van der Waals surface area contributed by atoms with Crippen LogP contribution in [0.5, 0.6) is 0 Å². The third-order valence-electron chi connectivity index (χ3n) is 3.19. The van der Waals surface area contributed by atoms with Crippen LogP contribution in [0, 0.1) is 6.92 Å². The van der Waals surface area contributed by atoms with E-state index in [1.165, 1.54) is 11.1 Å². The summed E-state index contributed by atoms with van der Waals surface area (Å²) in [6.07, 6.45) is 2.99. The van der Waals surface area contributed by atoms with Crippen LogP contribution < -0.4 is 5.73 Å². The first-order valence-corrected chi connectivity index (χ1v) is 7.21. The fourth-order valence-electron chi connectivity index (χ4n) is 2.30. The summed E-state index contributed by atoms with van der Waals surface area (Å²) in [5.41, 5.74) is 8.26. The molecule has 0 saturated heterocycles. The smallest absolute Gasteiger partial charge is 0.0488 e. The zero-order valence-corrected chi connectivity index (χ0v) is 10.5. The first-order chi connectivity index (χ1) is 7.65. The van der Waals surface area contributed by atoms with Crippen LogP contribution in [0.15, 0.2) is 24.3 Å². The minimum atomic E-state index is -0.755. The van der Waals surface area contributed by atoms with E-state index in [9.17, 15) is 4.21 Å². The Balaban J connectivity index is 1.97. The minimum absolute atomic E-state index is 0.270. The van der Waals surface area contributed by atoms with Crippen molar-refractivity contribution in [3.63, 3.8) is 0 Å². The lowest BCUT2D eigenvalue weighted by Crippen LogP contribution is -2.19. The summed E-state index contributed by atoms with van der Waals surface area (Å²) in [6.45, 7) is 2.07. The predicted octanol–water partition coefficient (Wildman–Crippen LogP) is 2.12. The van der Waals surface area contributed by atoms with Gasteiger partial charge in [0.1, 0.15) is 0 Å². The normalized spacial score (nSPS) is 26.9. The van der Waals surface area contributed by atoms with Crippen molar-refractivity contribution in [2.75, 3.05) is 0 Å². The molecule has 0 aromatic heterocycles. The molecule has 1 aromatic rings. The van der Waals surface area contributed by atoms with E-state index in [1.54, 1.807) is 0 Å². The van der Waals surface area contributed by atoms with E-state index in [0.29, 0.717) is 11.0 Å². The van der Waals surface area contributed by atoms with Crippen molar-refractivity contribution in [1.82, 2.24) is 0 Å². The van der Waals surface area contributed by atoms with Crippen molar-refractivity contribution < 1.29 is 4.21 Å². The topological polar surface area (TPSA) is 43.1 Å². The van der Waals surface area contributed by atoms with Crippen LogP contribution in [0.1, 0.15) is 30.4 Å². The van der Waals surface area contributed by atoms with Crippen LogP contribution in [-0.4, -0.2) is 15.5 Å². The van der Waals surface area contributed by atoms with Crippen LogP contribution in [0.25, 0.3) is 0 Å². The van der Waals surface area contributed by atoms with E-state index in [1.807, 2.05) is 6.07 Å². The summed E-state index contributed by atoms with van der Waals surface area (Å²) in [7, 11) is -0.755. The highest BCUT2D eigenvalue weighted by atomic mass is 32.2. The van der Waals surface area contributed by atoms with E-state index in [2.05, 4.69) is 25.1 Å². The van der Waals surface area contributed by atoms with Crippen molar-refractivity contribution in [3.05, 3.63) is 35.4 Å². The van der Waals surface area contributed by atoms with Crippen molar-refractivity contribution in [3.8, 4) is 0 Å². The molecule has 3 unspecified atom stereocenters. The van der Waals surface area contributed by atoms with Gasteiger partial charge in [0.2, 0.25) is 0 Å². The Hall–Kier alpha value is -0.670. The zero-order chi connectivity index (χ0) is 11.5. The molecular formula is C13H19NOS. The van der Waals surface area contributed by atoms with Crippen molar-refractivity contribution >= 4 is 10.8 Å². The van der Waals surface area contributed by atoms with Gasteiger partial charge in [0, 0.05) is 27.8 Å². The standard InChI is InChI=1S/C13H19NOS/c1-10-3-2-4-11(7-10)9-16(15)13-6-5-12(14)8-13/h2-4,7,12-13H,5-6,8-9,14H2,1H3. The molecule has 0 radical (unpaired) electrons. The van der Waals surface area contributed by atoms with Crippen LogP contribution in [0.4, 0.5) is 0 Å². The van der Waals surface area contributed by atoms with Gasteiger partial charge in [-0.2, -0.15) is 0 Å². The number of nitrogens with two attached hydrogens (primary N) is 1. The number of benzene rings is 1. The van der Waals surface area contributed by atoms with Crippen LogP contribution in [-0.2, 0) is 16.6 Å². The second kappa shape index (κ2) is 5.11. The Bertz CT molecular complexity index is 391. The van der Waals surface area contributed by atoms with Gasteiger partial charge in [-0.05, 0) is 31.7 Å². The zero-order valence-electron chi connectivity index (χ0n) is 9.69. The first-order valence-electron chi connectivity index (χ1n) is 5.83. The third kappa shape index (κ3) is 2.92. The molecule has 0 aliphatic heterocycles. The van der Waals surface area contributed by atoms with E-state index in [4.69, 9.17) is 5.73 Å². The number of hydrogen-bond acceptors (Lipinski definition) is 2. The summed E-state index contributed by atoms with van der Waals surface area (Å²) in [5.74, 6) is 0.680. The summed E-state index contributed by atoms with van der Waals surface area (Å²) >= 11 is 0. The Kier molecular flexibility index (Phi) is 3.77. The van der Waals surface area contributed by atoms with Crippen LogP contribution in [0.2, 0.25) is 0 Å². The van der Waals surface area contributed by atoms with Crippen molar-refractivity contribution in [2.24, 2.45) is 5.73 Å². The number of rotatable bonds is 3. The Morgan fingerprint density at radius 3 is 2.88 bits per heavy atom. The van der Waals surface area contributed by atoms with Crippen molar-refractivity contribution in [1.29, 1.82) is 0 Å². The van der Waals surface area contributed by atoms with Gasteiger partial charge in [-0.15, -0.1) is 0 Å². The molecule has 2 nitrogen and oxygen atoms in total. The number of hydrogen-bond donors (Lipinski definition) is 1. The molecule has 0 heterocycles. The summed E-state index contributed by atoms with van der Waals surface area (Å²) in [5, 5.41) is 0.315. The summed E-state index contributed by atoms with van der Waals surface area (Å²) in [6, 6.07) is 8.54. The molecule has 1 saturated carbocycles. The molecular weight excluding hydrogens is 218 g/mol. The lowest BCUT2D eigenvalue weighted by molar-refractivity contribution is 0.664. The van der Waals surface area contributed by atoms with E-state index >= 15 is 0 Å². The highest BCUT2D eigenvalue weighted by Gasteiger charge is 2.26. The minimum Gasteiger partial charge on any atom is -0.328 e. The van der Waals surface area contributed by atoms with Crippen LogP contribution in [0.3, 0.4) is 0 Å². The molecule has 1 fully saturated rings. The third-order valence-corrected chi connectivity index (χ3v) is 4.98. The van der Waals surface area contributed by atoms with Gasteiger partial charge in [0.25, 0.3) is 0 Å². The van der Waals surface area contributed by atoms with Gasteiger partial charge in [-0.1, -0.05) is 29.8 Å². The molecule has 2 N–H and O–H groups in total. The lowest BCUT2D eigenvalue weighted by Gasteiger charge is -2.10. The van der Waals surface area contributed by atoms with Gasteiger partial charge in [-0.3, -0.25) is 4.21 Å².